The third-order valence-corrected chi connectivity index (χ3v) is 5.51. The predicted octanol–water partition coefficient (Wildman–Crippen LogP) is 3.04. The lowest BCUT2D eigenvalue weighted by Gasteiger charge is -2.21. The van der Waals surface area contributed by atoms with Crippen molar-refractivity contribution in [3.63, 3.8) is 0 Å². The topological polar surface area (TPSA) is 47.0 Å². The van der Waals surface area contributed by atoms with Gasteiger partial charge in [-0.1, -0.05) is 0 Å². The highest BCUT2D eigenvalue weighted by molar-refractivity contribution is 7.18. The van der Waals surface area contributed by atoms with Crippen LogP contribution >= 0.6 is 11.3 Å². The van der Waals surface area contributed by atoms with Gasteiger partial charge in [-0.05, 0) is 38.7 Å². The van der Waals surface area contributed by atoms with Crippen LogP contribution in [-0.2, 0) is 4.74 Å². The van der Waals surface area contributed by atoms with Crippen molar-refractivity contribution in [1.29, 1.82) is 0 Å². The standard InChI is InChI=1S/C14H17N3OS/c1-7-8(2)19-14-12(7)13(15-6-16-14)17-10-5-9-3-4-11(10)18-9/h6,9-11H,3-5H2,1-2H3,(H,15,16,17). The highest BCUT2D eigenvalue weighted by atomic mass is 32.1. The SMILES string of the molecule is Cc1sc2ncnc(NC3CC4CCC3O4)c2c1C. The lowest BCUT2D eigenvalue weighted by atomic mass is 9.95. The van der Waals surface area contributed by atoms with Crippen LogP contribution in [0.25, 0.3) is 10.2 Å². The predicted molar refractivity (Wildman–Crippen MR) is 76.8 cm³/mol. The summed E-state index contributed by atoms with van der Waals surface area (Å²) in [5.41, 5.74) is 1.30. The van der Waals surface area contributed by atoms with Gasteiger partial charge in [0.05, 0.1) is 23.6 Å². The van der Waals surface area contributed by atoms with E-state index in [-0.39, 0.29) is 0 Å². The molecule has 0 saturated carbocycles. The molecule has 2 bridgehead atoms. The molecule has 19 heavy (non-hydrogen) atoms. The van der Waals surface area contributed by atoms with Gasteiger partial charge in [-0.25, -0.2) is 9.97 Å². The molecule has 2 aromatic heterocycles. The Morgan fingerprint density at radius 3 is 2.95 bits per heavy atom. The number of aromatic nitrogens is 2. The number of rotatable bonds is 2. The smallest absolute Gasteiger partial charge is 0.138 e. The zero-order valence-electron chi connectivity index (χ0n) is 11.1. The molecule has 0 aliphatic carbocycles. The Hall–Kier alpha value is -1.20. The monoisotopic (exact) mass is 275 g/mol. The second-order valence-corrected chi connectivity index (χ2v) is 6.75. The van der Waals surface area contributed by atoms with E-state index in [0.29, 0.717) is 18.2 Å². The first-order valence-corrected chi connectivity index (χ1v) is 7.66. The average Bonchev–Trinajstić information content (AvgIpc) is 3.06. The number of hydrogen-bond acceptors (Lipinski definition) is 5. The van der Waals surface area contributed by atoms with Crippen molar-refractivity contribution in [3.05, 3.63) is 16.8 Å². The molecule has 4 nitrogen and oxygen atoms in total. The van der Waals surface area contributed by atoms with Gasteiger partial charge in [0.25, 0.3) is 0 Å². The Morgan fingerprint density at radius 1 is 1.32 bits per heavy atom. The van der Waals surface area contributed by atoms with Crippen molar-refractivity contribution in [3.8, 4) is 0 Å². The molecule has 5 heteroatoms. The first-order chi connectivity index (χ1) is 9.22. The first-order valence-electron chi connectivity index (χ1n) is 6.85. The Bertz CT molecular complexity index is 639. The Kier molecular flexibility index (Phi) is 2.53. The second-order valence-electron chi connectivity index (χ2n) is 5.55. The largest absolute Gasteiger partial charge is 0.373 e. The third-order valence-electron chi connectivity index (χ3n) is 4.39. The molecule has 0 amide bonds. The summed E-state index contributed by atoms with van der Waals surface area (Å²) in [5, 5.41) is 4.79. The summed E-state index contributed by atoms with van der Waals surface area (Å²) in [5.74, 6) is 0.980. The fourth-order valence-corrected chi connectivity index (χ4v) is 4.25. The fraction of sp³-hybridized carbons (Fsp3) is 0.571. The van der Waals surface area contributed by atoms with Crippen LogP contribution in [0.4, 0.5) is 5.82 Å². The van der Waals surface area contributed by atoms with Crippen molar-refractivity contribution in [2.45, 2.75) is 51.4 Å². The summed E-state index contributed by atoms with van der Waals surface area (Å²) in [6.07, 6.45) is 6.00. The van der Waals surface area contributed by atoms with Gasteiger partial charge >= 0.3 is 0 Å². The molecule has 3 atom stereocenters. The summed E-state index contributed by atoms with van der Waals surface area (Å²) in [6.45, 7) is 4.30. The maximum atomic E-state index is 5.90. The van der Waals surface area contributed by atoms with E-state index in [0.717, 1.165) is 17.1 Å². The number of fused-ring (bicyclic) bond motifs is 3. The normalized spacial score (nSPS) is 29.3. The molecule has 0 radical (unpaired) electrons. The van der Waals surface area contributed by atoms with Gasteiger partial charge in [0.2, 0.25) is 0 Å². The van der Waals surface area contributed by atoms with Crippen molar-refractivity contribution >= 4 is 27.4 Å². The fourth-order valence-electron chi connectivity index (χ4n) is 3.26. The minimum atomic E-state index is 0.370. The summed E-state index contributed by atoms with van der Waals surface area (Å²) in [7, 11) is 0. The van der Waals surface area contributed by atoms with Gasteiger partial charge in [-0.3, -0.25) is 0 Å². The van der Waals surface area contributed by atoms with E-state index in [1.54, 1.807) is 17.7 Å². The zero-order chi connectivity index (χ0) is 13.0. The quantitative estimate of drug-likeness (QED) is 0.915. The van der Waals surface area contributed by atoms with Crippen LogP contribution < -0.4 is 5.32 Å². The van der Waals surface area contributed by atoms with Gasteiger partial charge in [0.15, 0.2) is 0 Å². The van der Waals surface area contributed by atoms with E-state index in [2.05, 4.69) is 29.1 Å². The van der Waals surface area contributed by atoms with Crippen LogP contribution in [0.15, 0.2) is 6.33 Å². The lowest BCUT2D eigenvalue weighted by Crippen LogP contribution is -2.30. The number of nitrogens with one attached hydrogen (secondary N) is 1. The van der Waals surface area contributed by atoms with Crippen molar-refractivity contribution in [2.75, 3.05) is 5.32 Å². The summed E-state index contributed by atoms with van der Waals surface area (Å²) in [6, 6.07) is 0.413. The molecule has 0 spiro atoms. The van der Waals surface area contributed by atoms with E-state index in [1.165, 1.54) is 28.7 Å². The Balaban J connectivity index is 1.71. The number of ether oxygens (including phenoxy) is 1. The Morgan fingerprint density at radius 2 is 2.21 bits per heavy atom. The van der Waals surface area contributed by atoms with E-state index >= 15 is 0 Å². The average molecular weight is 275 g/mol. The molecule has 2 aromatic rings. The minimum absolute atomic E-state index is 0.370. The molecular formula is C14H17N3OS. The molecule has 4 heterocycles. The number of hydrogen-bond donors (Lipinski definition) is 1. The van der Waals surface area contributed by atoms with Gasteiger partial charge in [-0.2, -0.15) is 0 Å². The molecule has 2 aliphatic heterocycles. The van der Waals surface area contributed by atoms with E-state index in [9.17, 15) is 0 Å². The molecule has 1 N–H and O–H groups in total. The van der Waals surface area contributed by atoms with Crippen LogP contribution in [0, 0.1) is 13.8 Å². The van der Waals surface area contributed by atoms with Crippen LogP contribution in [-0.4, -0.2) is 28.2 Å². The molecule has 3 unspecified atom stereocenters. The summed E-state index contributed by atoms with van der Waals surface area (Å²) < 4.78 is 5.90. The molecule has 100 valence electrons. The van der Waals surface area contributed by atoms with E-state index < -0.39 is 0 Å². The molecule has 2 fully saturated rings. The number of anilines is 1. The maximum absolute atomic E-state index is 5.90. The van der Waals surface area contributed by atoms with Crippen molar-refractivity contribution < 1.29 is 4.74 Å². The number of aryl methyl sites for hydroxylation is 2. The molecule has 4 rings (SSSR count). The Labute approximate surface area is 116 Å². The van der Waals surface area contributed by atoms with E-state index in [1.807, 2.05) is 0 Å². The van der Waals surface area contributed by atoms with Crippen LogP contribution in [0.5, 0.6) is 0 Å². The molecular weight excluding hydrogens is 258 g/mol. The van der Waals surface area contributed by atoms with Gasteiger partial charge in [-0.15, -0.1) is 11.3 Å². The van der Waals surface area contributed by atoms with Gasteiger partial charge in [0, 0.05) is 4.88 Å². The van der Waals surface area contributed by atoms with Crippen molar-refractivity contribution in [2.24, 2.45) is 0 Å². The second kappa shape index (κ2) is 4.15. The highest BCUT2D eigenvalue weighted by Gasteiger charge is 2.41. The maximum Gasteiger partial charge on any atom is 0.138 e. The molecule has 2 aliphatic rings. The third kappa shape index (κ3) is 1.75. The zero-order valence-corrected chi connectivity index (χ0v) is 12.0. The van der Waals surface area contributed by atoms with Gasteiger partial charge < -0.3 is 10.1 Å². The van der Waals surface area contributed by atoms with Gasteiger partial charge in [0.1, 0.15) is 17.0 Å². The van der Waals surface area contributed by atoms with Crippen LogP contribution in [0.1, 0.15) is 29.7 Å². The van der Waals surface area contributed by atoms with Crippen LogP contribution in [0.2, 0.25) is 0 Å². The minimum Gasteiger partial charge on any atom is -0.373 e. The number of nitrogens with zero attached hydrogens (tertiary/aromatic N) is 2. The lowest BCUT2D eigenvalue weighted by molar-refractivity contribution is 0.102. The molecule has 0 aromatic carbocycles. The van der Waals surface area contributed by atoms with Crippen LogP contribution in [0.3, 0.4) is 0 Å². The molecule has 2 saturated heterocycles. The van der Waals surface area contributed by atoms with E-state index in [4.69, 9.17) is 4.74 Å². The summed E-state index contributed by atoms with van der Waals surface area (Å²) in [4.78, 5) is 11.2. The highest BCUT2D eigenvalue weighted by Crippen LogP contribution is 2.38. The summed E-state index contributed by atoms with van der Waals surface area (Å²) >= 11 is 1.74. The van der Waals surface area contributed by atoms with Crippen molar-refractivity contribution in [1.82, 2.24) is 9.97 Å². The number of thiophene rings is 1. The first kappa shape index (κ1) is 11.6.